The van der Waals surface area contributed by atoms with E-state index in [1.165, 1.54) is 18.2 Å². The van der Waals surface area contributed by atoms with E-state index >= 15 is 0 Å². The second-order valence-electron chi connectivity index (χ2n) is 3.68. The van der Waals surface area contributed by atoms with Crippen molar-refractivity contribution in [2.24, 2.45) is 0 Å². The second-order valence-corrected chi connectivity index (χ2v) is 4.08. The molecule has 2 aromatic rings. The van der Waals surface area contributed by atoms with Crippen molar-refractivity contribution in [2.45, 2.75) is 0 Å². The molecular weight excluding hydrogens is 255 g/mol. The molecule has 0 aliphatic carbocycles. The number of nitrogens with one attached hydrogen (secondary N) is 1. The summed E-state index contributed by atoms with van der Waals surface area (Å²) in [6.45, 7) is 0. The van der Waals surface area contributed by atoms with E-state index in [1.807, 2.05) is 0 Å². The molecule has 0 saturated carbocycles. The number of carbonyl (C=O) groups excluding carboxylic acids is 1. The van der Waals surface area contributed by atoms with Crippen LogP contribution >= 0.6 is 11.6 Å². The van der Waals surface area contributed by atoms with Gasteiger partial charge in [0.25, 0.3) is 5.91 Å². The van der Waals surface area contributed by atoms with Gasteiger partial charge in [-0.3, -0.25) is 4.79 Å². The molecule has 18 heavy (non-hydrogen) atoms. The highest BCUT2D eigenvalue weighted by Gasteiger charge is 2.13. The van der Waals surface area contributed by atoms with Crippen LogP contribution in [0.1, 0.15) is 10.4 Å². The molecule has 0 saturated heterocycles. The second kappa shape index (κ2) is 5.06. The van der Waals surface area contributed by atoms with Gasteiger partial charge >= 0.3 is 0 Å². The maximum absolute atomic E-state index is 13.6. The van der Waals surface area contributed by atoms with Gasteiger partial charge in [0.1, 0.15) is 0 Å². The average Bonchev–Trinajstić information content (AvgIpc) is 2.35. The SMILES string of the molecule is Nc1ccc(NC(=O)c2cccc(Cl)c2F)cc1. The maximum Gasteiger partial charge on any atom is 0.258 e. The molecule has 0 spiro atoms. The Kier molecular flexibility index (Phi) is 3.48. The third kappa shape index (κ3) is 2.60. The van der Waals surface area contributed by atoms with E-state index < -0.39 is 11.7 Å². The molecule has 0 unspecified atom stereocenters. The summed E-state index contributed by atoms with van der Waals surface area (Å²) in [7, 11) is 0. The predicted molar refractivity (Wildman–Crippen MR) is 70.2 cm³/mol. The van der Waals surface area contributed by atoms with Crippen LogP contribution in [0.3, 0.4) is 0 Å². The number of nitrogen functional groups attached to an aromatic ring is 1. The minimum Gasteiger partial charge on any atom is -0.399 e. The molecule has 0 fully saturated rings. The first-order chi connectivity index (χ1) is 8.58. The number of carbonyl (C=O) groups is 1. The number of benzene rings is 2. The van der Waals surface area contributed by atoms with Crippen LogP contribution in [0.15, 0.2) is 42.5 Å². The average molecular weight is 265 g/mol. The molecule has 3 nitrogen and oxygen atoms in total. The van der Waals surface area contributed by atoms with Crippen LogP contribution < -0.4 is 11.1 Å². The van der Waals surface area contributed by atoms with Gasteiger partial charge in [0.05, 0.1) is 10.6 Å². The lowest BCUT2D eigenvalue weighted by Gasteiger charge is -2.07. The van der Waals surface area contributed by atoms with Crippen molar-refractivity contribution in [2.75, 3.05) is 11.1 Å². The van der Waals surface area contributed by atoms with Crippen LogP contribution in [0.5, 0.6) is 0 Å². The Labute approximate surface area is 108 Å². The summed E-state index contributed by atoms with van der Waals surface area (Å²) >= 11 is 5.61. The van der Waals surface area contributed by atoms with Crippen LogP contribution in [0.25, 0.3) is 0 Å². The Morgan fingerprint density at radius 1 is 1.17 bits per heavy atom. The van der Waals surface area contributed by atoms with Crippen molar-refractivity contribution in [1.29, 1.82) is 0 Å². The number of hydrogen-bond acceptors (Lipinski definition) is 2. The number of amides is 1. The van der Waals surface area contributed by atoms with Gasteiger partial charge in [-0.15, -0.1) is 0 Å². The van der Waals surface area contributed by atoms with Crippen LogP contribution in [-0.2, 0) is 0 Å². The van der Waals surface area contributed by atoms with Gasteiger partial charge < -0.3 is 11.1 Å². The van der Waals surface area contributed by atoms with Crippen molar-refractivity contribution in [3.63, 3.8) is 0 Å². The lowest BCUT2D eigenvalue weighted by molar-refractivity contribution is 0.102. The molecule has 0 heterocycles. The summed E-state index contributed by atoms with van der Waals surface area (Å²) in [5.41, 5.74) is 6.55. The van der Waals surface area contributed by atoms with Gasteiger partial charge in [0, 0.05) is 11.4 Å². The number of rotatable bonds is 2. The molecule has 2 aromatic carbocycles. The molecule has 3 N–H and O–H groups in total. The van der Waals surface area contributed by atoms with E-state index in [0.29, 0.717) is 11.4 Å². The number of nitrogens with two attached hydrogens (primary N) is 1. The molecule has 0 aliphatic rings. The van der Waals surface area contributed by atoms with Crippen molar-refractivity contribution in [1.82, 2.24) is 0 Å². The maximum atomic E-state index is 13.6. The Balaban J connectivity index is 2.22. The monoisotopic (exact) mass is 264 g/mol. The van der Waals surface area contributed by atoms with E-state index in [1.54, 1.807) is 24.3 Å². The Bertz CT molecular complexity index is 584. The summed E-state index contributed by atoms with van der Waals surface area (Å²) in [5.74, 6) is -1.29. The summed E-state index contributed by atoms with van der Waals surface area (Å²) in [6.07, 6.45) is 0. The van der Waals surface area contributed by atoms with Gasteiger partial charge in [-0.25, -0.2) is 4.39 Å². The summed E-state index contributed by atoms with van der Waals surface area (Å²) in [5, 5.41) is 2.48. The quantitative estimate of drug-likeness (QED) is 0.818. The van der Waals surface area contributed by atoms with Crippen LogP contribution in [-0.4, -0.2) is 5.91 Å². The molecule has 0 aromatic heterocycles. The molecular formula is C13H10ClFN2O. The summed E-state index contributed by atoms with van der Waals surface area (Å²) in [4.78, 5) is 11.8. The van der Waals surface area contributed by atoms with E-state index in [2.05, 4.69) is 5.32 Å². The molecule has 92 valence electrons. The minimum absolute atomic E-state index is 0.0834. The summed E-state index contributed by atoms with van der Waals surface area (Å²) < 4.78 is 13.6. The van der Waals surface area contributed by atoms with Gasteiger partial charge in [-0.1, -0.05) is 17.7 Å². The lowest BCUT2D eigenvalue weighted by Crippen LogP contribution is -2.13. The Morgan fingerprint density at radius 2 is 1.83 bits per heavy atom. The smallest absolute Gasteiger partial charge is 0.258 e. The molecule has 0 radical (unpaired) electrons. The van der Waals surface area contributed by atoms with E-state index in [-0.39, 0.29) is 10.6 Å². The van der Waals surface area contributed by atoms with Gasteiger partial charge in [-0.05, 0) is 36.4 Å². The molecule has 1 amide bonds. The molecule has 0 atom stereocenters. The van der Waals surface area contributed by atoms with Crippen molar-refractivity contribution in [3.05, 3.63) is 58.9 Å². The normalized spacial score (nSPS) is 10.1. The Morgan fingerprint density at radius 3 is 2.50 bits per heavy atom. The Hall–Kier alpha value is -2.07. The third-order valence-electron chi connectivity index (χ3n) is 2.36. The minimum atomic E-state index is -0.730. The standard InChI is InChI=1S/C13H10ClFN2O/c14-11-3-1-2-10(12(11)15)13(18)17-9-6-4-8(16)5-7-9/h1-7H,16H2,(H,17,18). The zero-order valence-corrected chi connectivity index (χ0v) is 10.0. The molecule has 2 rings (SSSR count). The molecule has 0 bridgehead atoms. The fourth-order valence-electron chi connectivity index (χ4n) is 1.44. The van der Waals surface area contributed by atoms with Crippen molar-refractivity contribution < 1.29 is 9.18 Å². The number of anilines is 2. The van der Waals surface area contributed by atoms with Crippen molar-refractivity contribution >= 4 is 28.9 Å². The van der Waals surface area contributed by atoms with Crippen LogP contribution in [0.4, 0.5) is 15.8 Å². The van der Waals surface area contributed by atoms with Gasteiger partial charge in [0.2, 0.25) is 0 Å². The van der Waals surface area contributed by atoms with Gasteiger partial charge in [0.15, 0.2) is 5.82 Å². The van der Waals surface area contributed by atoms with E-state index in [9.17, 15) is 9.18 Å². The first-order valence-corrected chi connectivity index (χ1v) is 5.56. The zero-order chi connectivity index (χ0) is 13.1. The van der Waals surface area contributed by atoms with E-state index in [4.69, 9.17) is 17.3 Å². The van der Waals surface area contributed by atoms with Gasteiger partial charge in [-0.2, -0.15) is 0 Å². The highest BCUT2D eigenvalue weighted by molar-refractivity contribution is 6.31. The van der Waals surface area contributed by atoms with Crippen LogP contribution in [0, 0.1) is 5.82 Å². The molecule has 5 heteroatoms. The third-order valence-corrected chi connectivity index (χ3v) is 2.66. The first-order valence-electron chi connectivity index (χ1n) is 5.19. The molecule has 0 aliphatic heterocycles. The largest absolute Gasteiger partial charge is 0.399 e. The fourth-order valence-corrected chi connectivity index (χ4v) is 1.62. The fraction of sp³-hybridized carbons (Fsp3) is 0. The predicted octanol–water partition coefficient (Wildman–Crippen LogP) is 3.31. The number of hydrogen-bond donors (Lipinski definition) is 2. The highest BCUT2D eigenvalue weighted by atomic mass is 35.5. The summed E-state index contributed by atoms with van der Waals surface area (Å²) in [6, 6.07) is 10.8. The first kappa shape index (κ1) is 12.4. The van der Waals surface area contributed by atoms with Crippen molar-refractivity contribution in [3.8, 4) is 0 Å². The highest BCUT2D eigenvalue weighted by Crippen LogP contribution is 2.19. The van der Waals surface area contributed by atoms with E-state index in [0.717, 1.165) is 0 Å². The number of halogens is 2. The zero-order valence-electron chi connectivity index (χ0n) is 9.28. The lowest BCUT2D eigenvalue weighted by atomic mass is 10.2. The topological polar surface area (TPSA) is 55.1 Å². The van der Waals surface area contributed by atoms with Crippen LogP contribution in [0.2, 0.25) is 5.02 Å².